The van der Waals surface area contributed by atoms with Crippen molar-refractivity contribution in [2.24, 2.45) is 0 Å². The molecule has 2 aromatic carbocycles. The van der Waals surface area contributed by atoms with Crippen LogP contribution < -0.4 is 15.0 Å². The lowest BCUT2D eigenvalue weighted by Gasteiger charge is -2.35. The molecule has 1 aromatic heterocycles. The average molecular weight is 486 g/mol. The van der Waals surface area contributed by atoms with Crippen LogP contribution in [0.5, 0.6) is 5.75 Å². The second-order valence-electron chi connectivity index (χ2n) is 7.56. The van der Waals surface area contributed by atoms with Crippen molar-refractivity contribution >= 4 is 33.0 Å². The van der Waals surface area contributed by atoms with E-state index in [4.69, 9.17) is 4.74 Å². The van der Waals surface area contributed by atoms with Crippen LogP contribution >= 0.6 is 11.3 Å². The summed E-state index contributed by atoms with van der Waals surface area (Å²) in [7, 11) is -3.77. The molecule has 0 radical (unpaired) electrons. The van der Waals surface area contributed by atoms with Crippen LogP contribution in [0.1, 0.15) is 22.2 Å². The first-order valence-corrected chi connectivity index (χ1v) is 13.2. The highest BCUT2D eigenvalue weighted by Gasteiger charge is 2.32. The standard InChI is InChI=1S/C24H27N3O4S2/c1-2-31-21-11-7-6-8-19(21)18-25-24(28)23-22(12-17-32-23)33(29,30)27-15-13-26(14-16-27)20-9-4-3-5-10-20/h3-12,17H,2,13-16,18H2,1H3,(H,25,28). The molecule has 1 aliphatic heterocycles. The molecule has 0 unspecified atom stereocenters. The minimum atomic E-state index is -3.77. The third-order valence-corrected chi connectivity index (χ3v) is 8.51. The minimum absolute atomic E-state index is 0.0660. The fourth-order valence-corrected chi connectivity index (χ4v) is 6.57. The van der Waals surface area contributed by atoms with Gasteiger partial charge in [0, 0.05) is 44.0 Å². The Bertz CT molecular complexity index is 1190. The van der Waals surface area contributed by atoms with E-state index in [-0.39, 0.29) is 16.3 Å². The number of nitrogens with zero attached hydrogens (tertiary/aromatic N) is 2. The molecule has 3 aromatic rings. The third-order valence-electron chi connectivity index (χ3n) is 5.52. The number of hydrogen-bond donors (Lipinski definition) is 1. The second kappa shape index (κ2) is 10.4. The molecule has 0 aliphatic carbocycles. The van der Waals surface area contributed by atoms with Crippen molar-refractivity contribution in [3.8, 4) is 5.75 Å². The topological polar surface area (TPSA) is 78.9 Å². The highest BCUT2D eigenvalue weighted by Crippen LogP contribution is 2.27. The Morgan fingerprint density at radius 2 is 1.70 bits per heavy atom. The van der Waals surface area contributed by atoms with Crippen molar-refractivity contribution in [1.82, 2.24) is 9.62 Å². The highest BCUT2D eigenvalue weighted by atomic mass is 32.2. The van der Waals surface area contributed by atoms with E-state index in [1.807, 2.05) is 61.5 Å². The molecule has 174 valence electrons. The maximum atomic E-state index is 13.3. The zero-order valence-electron chi connectivity index (χ0n) is 18.4. The summed E-state index contributed by atoms with van der Waals surface area (Å²) >= 11 is 1.14. The highest BCUT2D eigenvalue weighted by molar-refractivity contribution is 7.89. The van der Waals surface area contributed by atoms with E-state index in [1.54, 1.807) is 5.38 Å². The molecule has 4 rings (SSSR count). The van der Waals surface area contributed by atoms with Gasteiger partial charge in [-0.2, -0.15) is 4.31 Å². The number of thiophene rings is 1. The summed E-state index contributed by atoms with van der Waals surface area (Å²) in [4.78, 5) is 15.3. The van der Waals surface area contributed by atoms with Crippen LogP contribution in [0.4, 0.5) is 5.69 Å². The summed E-state index contributed by atoms with van der Waals surface area (Å²) in [5.74, 6) is 0.299. The van der Waals surface area contributed by atoms with Crippen molar-refractivity contribution in [2.45, 2.75) is 18.4 Å². The molecule has 1 aliphatic rings. The van der Waals surface area contributed by atoms with E-state index in [2.05, 4.69) is 10.2 Å². The summed E-state index contributed by atoms with van der Waals surface area (Å²) in [5.41, 5.74) is 1.92. The van der Waals surface area contributed by atoms with Gasteiger partial charge < -0.3 is 15.0 Å². The van der Waals surface area contributed by atoms with Gasteiger partial charge in [-0.15, -0.1) is 11.3 Å². The lowest BCUT2D eigenvalue weighted by Crippen LogP contribution is -2.48. The Kier molecular flexibility index (Phi) is 7.32. The molecule has 2 heterocycles. The summed E-state index contributed by atoms with van der Waals surface area (Å²) in [6.45, 7) is 4.62. The number of rotatable bonds is 8. The van der Waals surface area contributed by atoms with Crippen LogP contribution in [0.3, 0.4) is 0 Å². The van der Waals surface area contributed by atoms with Crippen molar-refractivity contribution < 1.29 is 17.9 Å². The van der Waals surface area contributed by atoms with Gasteiger partial charge in [0.05, 0.1) is 6.61 Å². The first-order valence-electron chi connectivity index (χ1n) is 10.9. The fourth-order valence-electron chi connectivity index (χ4n) is 3.83. The second-order valence-corrected chi connectivity index (χ2v) is 10.4. The van der Waals surface area contributed by atoms with Gasteiger partial charge in [-0.05, 0) is 36.6 Å². The molecule has 1 saturated heterocycles. The van der Waals surface area contributed by atoms with E-state index in [0.717, 1.165) is 22.6 Å². The first-order chi connectivity index (χ1) is 16.0. The zero-order valence-corrected chi connectivity index (χ0v) is 20.1. The van der Waals surface area contributed by atoms with Crippen LogP contribution in [0.15, 0.2) is 70.9 Å². The van der Waals surface area contributed by atoms with Gasteiger partial charge in [0.25, 0.3) is 5.91 Å². The van der Waals surface area contributed by atoms with E-state index < -0.39 is 15.9 Å². The number of carbonyl (C=O) groups is 1. The molecule has 0 saturated carbocycles. The van der Waals surface area contributed by atoms with Gasteiger partial charge in [-0.3, -0.25) is 4.79 Å². The molecule has 0 spiro atoms. The average Bonchev–Trinajstić information content (AvgIpc) is 3.35. The molecule has 0 atom stereocenters. The van der Waals surface area contributed by atoms with Crippen molar-refractivity contribution in [3.05, 3.63) is 76.5 Å². The monoisotopic (exact) mass is 485 g/mol. The number of ether oxygens (including phenoxy) is 1. The van der Waals surface area contributed by atoms with Crippen molar-refractivity contribution in [2.75, 3.05) is 37.7 Å². The van der Waals surface area contributed by atoms with Gasteiger partial charge in [0.15, 0.2) is 0 Å². The quantitative estimate of drug-likeness (QED) is 0.528. The van der Waals surface area contributed by atoms with Crippen LogP contribution in [-0.4, -0.2) is 51.4 Å². The summed E-state index contributed by atoms with van der Waals surface area (Å²) in [5, 5.41) is 4.49. The number of anilines is 1. The van der Waals surface area contributed by atoms with Crippen LogP contribution in [0.2, 0.25) is 0 Å². The Labute approximate surface area is 198 Å². The van der Waals surface area contributed by atoms with E-state index in [0.29, 0.717) is 38.5 Å². The van der Waals surface area contributed by atoms with Crippen LogP contribution in [0, 0.1) is 0 Å². The minimum Gasteiger partial charge on any atom is -0.494 e. The number of amides is 1. The Morgan fingerprint density at radius 1 is 1.00 bits per heavy atom. The predicted molar refractivity (Wildman–Crippen MR) is 131 cm³/mol. The fraction of sp³-hybridized carbons (Fsp3) is 0.292. The van der Waals surface area contributed by atoms with Gasteiger partial charge in [0.2, 0.25) is 10.0 Å². The first kappa shape index (κ1) is 23.3. The molecule has 1 N–H and O–H groups in total. The smallest absolute Gasteiger partial charge is 0.263 e. The predicted octanol–water partition coefficient (Wildman–Crippen LogP) is 3.59. The molecule has 1 amide bonds. The number of piperazine rings is 1. The van der Waals surface area contributed by atoms with Gasteiger partial charge >= 0.3 is 0 Å². The van der Waals surface area contributed by atoms with E-state index in [1.165, 1.54) is 10.4 Å². The molecule has 33 heavy (non-hydrogen) atoms. The molecule has 7 nitrogen and oxygen atoms in total. The Balaban J connectivity index is 1.43. The van der Waals surface area contributed by atoms with Gasteiger partial charge in [-0.1, -0.05) is 36.4 Å². The molecular formula is C24H27N3O4S2. The van der Waals surface area contributed by atoms with E-state index in [9.17, 15) is 13.2 Å². The summed E-state index contributed by atoms with van der Waals surface area (Å²) in [6, 6.07) is 18.9. The number of hydrogen-bond acceptors (Lipinski definition) is 6. The molecule has 9 heteroatoms. The third kappa shape index (κ3) is 5.21. The number of sulfonamides is 1. The maximum Gasteiger partial charge on any atom is 0.263 e. The van der Waals surface area contributed by atoms with Crippen LogP contribution in [0.25, 0.3) is 0 Å². The van der Waals surface area contributed by atoms with Gasteiger partial charge in [0.1, 0.15) is 15.5 Å². The summed E-state index contributed by atoms with van der Waals surface area (Å²) in [6.07, 6.45) is 0. The van der Waals surface area contributed by atoms with Gasteiger partial charge in [-0.25, -0.2) is 8.42 Å². The van der Waals surface area contributed by atoms with Crippen LogP contribution in [-0.2, 0) is 16.6 Å². The summed E-state index contributed by atoms with van der Waals surface area (Å²) < 4.78 is 33.8. The number of benzene rings is 2. The lowest BCUT2D eigenvalue weighted by molar-refractivity contribution is 0.0951. The van der Waals surface area contributed by atoms with E-state index >= 15 is 0 Å². The molecular weight excluding hydrogens is 458 g/mol. The number of para-hydroxylation sites is 2. The lowest BCUT2D eigenvalue weighted by atomic mass is 10.2. The Hall–Kier alpha value is -2.88. The van der Waals surface area contributed by atoms with Crippen molar-refractivity contribution in [1.29, 1.82) is 0 Å². The maximum absolute atomic E-state index is 13.3. The number of carbonyl (C=O) groups excluding carboxylic acids is 1. The normalized spacial score (nSPS) is 14.8. The molecule has 0 bridgehead atoms. The molecule has 1 fully saturated rings. The zero-order chi connectivity index (χ0) is 23.3. The SMILES string of the molecule is CCOc1ccccc1CNC(=O)c1sccc1S(=O)(=O)N1CCN(c2ccccc2)CC1. The Morgan fingerprint density at radius 3 is 2.42 bits per heavy atom. The largest absolute Gasteiger partial charge is 0.494 e. The van der Waals surface area contributed by atoms with Crippen molar-refractivity contribution in [3.63, 3.8) is 0 Å². The number of nitrogens with one attached hydrogen (secondary N) is 1.